The summed E-state index contributed by atoms with van der Waals surface area (Å²) in [6.07, 6.45) is 2.68. The Hall–Kier alpha value is -7.35. The molecule has 0 radical (unpaired) electrons. The number of aromatic nitrogens is 4. The normalized spacial score (nSPS) is 12.3. The molecule has 7 aromatic rings. The fraction of sp³-hybridized carbons (Fsp3) is 0. The van der Waals surface area contributed by atoms with Crippen LogP contribution in [0.5, 0.6) is 5.88 Å². The average molecular weight is 777 g/mol. The molecular weight excluding hydrogens is 756 g/mol. The number of H-pyrrole nitrogens is 2. The van der Waals surface area contributed by atoms with Gasteiger partial charge in [-0.05, 0) is 84.9 Å². The maximum absolute atomic E-state index is 15.7. The summed E-state index contributed by atoms with van der Waals surface area (Å²) in [5, 5.41) is 0. The third kappa shape index (κ3) is 5.75. The van der Waals surface area contributed by atoms with Crippen molar-refractivity contribution in [2.24, 2.45) is 0 Å². The molecule has 8 bridgehead atoms. The second kappa shape index (κ2) is 13.4. The van der Waals surface area contributed by atoms with Gasteiger partial charge in [0.1, 0.15) is 46.5 Å². The number of carbonyl (C=O) groups is 1. The molecule has 0 saturated heterocycles. The zero-order valence-electron chi connectivity index (χ0n) is 28.6. The van der Waals surface area contributed by atoms with Gasteiger partial charge >= 0.3 is 5.97 Å². The third-order valence-electron chi connectivity index (χ3n) is 9.50. The molecule has 6 nitrogen and oxygen atoms in total. The van der Waals surface area contributed by atoms with Crippen LogP contribution >= 0.6 is 0 Å². The van der Waals surface area contributed by atoms with Crippen LogP contribution in [-0.2, 0) is 0 Å². The Morgan fingerprint density at radius 2 is 0.702 bits per heavy atom. The largest absolute Gasteiger partial charge is 0.402 e. The summed E-state index contributed by atoms with van der Waals surface area (Å²) in [5.74, 6) is -10.7. The smallest absolute Gasteiger partial charge is 0.364 e. The van der Waals surface area contributed by atoms with Crippen molar-refractivity contribution in [3.63, 3.8) is 0 Å². The van der Waals surface area contributed by atoms with Gasteiger partial charge in [0.2, 0.25) is 5.88 Å². The van der Waals surface area contributed by atoms with Gasteiger partial charge in [-0.3, -0.25) is 0 Å². The van der Waals surface area contributed by atoms with Crippen LogP contribution in [0.3, 0.4) is 0 Å². The molecule has 0 spiro atoms. The number of rotatable bonds is 4. The highest BCUT2D eigenvalue weighted by Crippen LogP contribution is 2.43. The number of ether oxygens (including phenoxy) is 1. The first-order chi connectivity index (χ1) is 27.5. The predicted octanol–water partition coefficient (Wildman–Crippen LogP) is 11.5. The molecule has 57 heavy (non-hydrogen) atoms. The van der Waals surface area contributed by atoms with Crippen molar-refractivity contribution in [2.75, 3.05) is 0 Å². The molecule has 0 amide bonds. The molecule has 9 rings (SSSR count). The molecule has 0 atom stereocenters. The van der Waals surface area contributed by atoms with E-state index in [0.29, 0.717) is 0 Å². The Kier molecular flexibility index (Phi) is 8.34. The fourth-order valence-corrected chi connectivity index (χ4v) is 7.07. The van der Waals surface area contributed by atoms with Crippen molar-refractivity contribution < 1.29 is 44.7 Å². The third-order valence-corrected chi connectivity index (χ3v) is 9.50. The summed E-state index contributed by atoms with van der Waals surface area (Å²) < 4.78 is 131. The van der Waals surface area contributed by atoms with Gasteiger partial charge in [0.15, 0.2) is 5.69 Å². The van der Waals surface area contributed by atoms with Crippen LogP contribution in [0.25, 0.3) is 78.7 Å². The number of fused-ring (bicyclic) bond motifs is 8. The quantitative estimate of drug-likeness (QED) is 0.138. The maximum atomic E-state index is 15.7. The highest BCUT2D eigenvalue weighted by molar-refractivity contribution is 6.05. The van der Waals surface area contributed by atoms with E-state index in [1.807, 2.05) is 0 Å². The van der Waals surface area contributed by atoms with E-state index in [1.165, 1.54) is 36.4 Å². The monoisotopic (exact) mass is 776 g/mol. The molecule has 2 aliphatic rings. The van der Waals surface area contributed by atoms with E-state index in [9.17, 15) is 4.79 Å². The van der Waals surface area contributed by atoms with Crippen LogP contribution in [0.1, 0.15) is 21.9 Å². The molecule has 2 aliphatic heterocycles. The Morgan fingerprint density at radius 1 is 0.386 bits per heavy atom. The molecule has 2 N–H and O–H groups in total. The molecule has 0 aliphatic carbocycles. The van der Waals surface area contributed by atoms with Crippen LogP contribution in [0.4, 0.5) is 35.1 Å². The Labute approximate surface area is 315 Å². The minimum absolute atomic E-state index is 0.0735. The number of halogens is 8. The molecule has 14 heteroatoms. The first-order valence-corrected chi connectivity index (χ1v) is 17.0. The molecule has 4 aromatic carbocycles. The second-order valence-electron chi connectivity index (χ2n) is 12.8. The van der Waals surface area contributed by atoms with Crippen LogP contribution < -0.4 is 4.74 Å². The summed E-state index contributed by atoms with van der Waals surface area (Å²) in [4.78, 5) is 28.5. The van der Waals surface area contributed by atoms with Gasteiger partial charge in [-0.1, -0.05) is 24.3 Å². The van der Waals surface area contributed by atoms with Gasteiger partial charge in [-0.15, -0.1) is 0 Å². The first kappa shape index (κ1) is 35.4. The average Bonchev–Trinajstić information content (AvgIpc) is 4.00. The minimum atomic E-state index is -1.30. The molecule has 0 saturated carbocycles. The molecule has 0 unspecified atom stereocenters. The number of nitrogens with one attached hydrogen (secondary N) is 2. The topological polar surface area (TPSA) is 83.7 Å². The van der Waals surface area contributed by atoms with Crippen molar-refractivity contribution in [3.05, 3.63) is 161 Å². The predicted molar refractivity (Wildman–Crippen MR) is 196 cm³/mol. The Bertz CT molecular complexity index is 3000. The van der Waals surface area contributed by atoms with Crippen molar-refractivity contribution in [1.29, 1.82) is 0 Å². The van der Waals surface area contributed by atoms with Crippen molar-refractivity contribution in [2.45, 2.75) is 0 Å². The molecule has 0 fully saturated rings. The van der Waals surface area contributed by atoms with E-state index in [0.717, 1.165) is 72.8 Å². The standard InChI is InChI=1S/C43H20F8N4O2/c44-19-5-1-6-20(45)33(19)37-27-13-14-28(52-27)38(34-21(46)7-2-8-22(34)47)30-16-18-32(54-30)40(36-25(50)11-4-12-26(36)51)42-55-41(43(56)57-42)39(31-17-15-29(37)53-31)35-23(48)9-3-10-24(35)49/h1-18,53-54H. The van der Waals surface area contributed by atoms with Gasteiger partial charge in [0.05, 0.1) is 44.7 Å². The fourth-order valence-electron chi connectivity index (χ4n) is 7.07. The van der Waals surface area contributed by atoms with Gasteiger partial charge in [0, 0.05) is 33.2 Å². The number of nitrogens with zero attached hydrogens (tertiary/aromatic N) is 2. The number of benzene rings is 4. The molecule has 3 aromatic heterocycles. The number of hydrogen-bond donors (Lipinski definition) is 2. The van der Waals surface area contributed by atoms with Gasteiger partial charge in [0.25, 0.3) is 0 Å². The Balaban J connectivity index is 1.56. The van der Waals surface area contributed by atoms with Crippen LogP contribution in [-0.4, -0.2) is 25.9 Å². The summed E-state index contributed by atoms with van der Waals surface area (Å²) in [7, 11) is 0. The SMILES string of the molecule is O=C1Oc2nc1c(-c1c(F)cccc1F)c1ccc([nH]1)c(-c1c(F)cccc1F)c1nc(c(-c3c(F)cccc3F)c3ccc([nH]3)c2-c2c(F)cccc2F)C=C1. The van der Waals surface area contributed by atoms with Crippen LogP contribution in [0, 0.1) is 46.5 Å². The maximum Gasteiger partial charge on any atom is 0.364 e. The number of esters is 1. The first-order valence-electron chi connectivity index (χ1n) is 17.0. The lowest BCUT2D eigenvalue weighted by Gasteiger charge is -2.09. The lowest BCUT2D eigenvalue weighted by Crippen LogP contribution is -2.05. The zero-order valence-corrected chi connectivity index (χ0v) is 28.6. The summed E-state index contributed by atoms with van der Waals surface area (Å²) in [6, 6.07) is 17.2. The van der Waals surface area contributed by atoms with E-state index in [2.05, 4.69) is 19.9 Å². The van der Waals surface area contributed by atoms with E-state index in [-0.39, 0.29) is 44.6 Å². The van der Waals surface area contributed by atoms with E-state index in [1.54, 1.807) is 0 Å². The highest BCUT2D eigenvalue weighted by Gasteiger charge is 2.32. The number of hydrogen-bond acceptors (Lipinski definition) is 4. The zero-order chi connectivity index (χ0) is 39.7. The van der Waals surface area contributed by atoms with Crippen LogP contribution in [0.15, 0.2) is 97.1 Å². The summed E-state index contributed by atoms with van der Waals surface area (Å²) in [6.45, 7) is 0. The van der Waals surface area contributed by atoms with E-state index < -0.39 is 97.5 Å². The lowest BCUT2D eigenvalue weighted by molar-refractivity contribution is 0.0755. The van der Waals surface area contributed by atoms with Crippen molar-refractivity contribution >= 4 is 40.2 Å². The number of carbonyl (C=O) groups excluding carboxylic acids is 1. The highest BCUT2D eigenvalue weighted by atomic mass is 19.2. The molecule has 280 valence electrons. The molecule has 5 heterocycles. The van der Waals surface area contributed by atoms with Gasteiger partial charge in [-0.25, -0.2) is 49.9 Å². The van der Waals surface area contributed by atoms with E-state index in [4.69, 9.17) is 4.74 Å². The van der Waals surface area contributed by atoms with Crippen LogP contribution in [0.2, 0.25) is 0 Å². The summed E-state index contributed by atoms with van der Waals surface area (Å²) in [5.41, 5.74) is -5.61. The molecular formula is C43H20F8N4O2. The van der Waals surface area contributed by atoms with Crippen molar-refractivity contribution in [1.82, 2.24) is 19.9 Å². The van der Waals surface area contributed by atoms with E-state index >= 15 is 35.1 Å². The van der Waals surface area contributed by atoms with Crippen molar-refractivity contribution in [3.8, 4) is 50.4 Å². The van der Waals surface area contributed by atoms with Gasteiger partial charge < -0.3 is 14.7 Å². The second-order valence-corrected chi connectivity index (χ2v) is 12.8. The number of aromatic amines is 2. The Morgan fingerprint density at radius 3 is 1.09 bits per heavy atom. The van der Waals surface area contributed by atoms with Gasteiger partial charge in [-0.2, -0.15) is 0 Å². The minimum Gasteiger partial charge on any atom is -0.402 e. The lowest BCUT2D eigenvalue weighted by atomic mass is 10.0. The summed E-state index contributed by atoms with van der Waals surface area (Å²) >= 11 is 0.